The van der Waals surface area contributed by atoms with Crippen LogP contribution >= 0.6 is 34.8 Å². The Balaban J connectivity index is 2.17. The van der Waals surface area contributed by atoms with Crippen molar-refractivity contribution in [1.29, 1.82) is 0 Å². The average molecular weight is 341 g/mol. The van der Waals surface area contributed by atoms with Crippen LogP contribution in [0.4, 0.5) is 5.69 Å². The Morgan fingerprint density at radius 2 is 1.57 bits per heavy atom. The topological polar surface area (TPSA) is 37.4 Å². The summed E-state index contributed by atoms with van der Waals surface area (Å²) in [4.78, 5) is 25.9. The monoisotopic (exact) mass is 339 g/mol. The second-order valence-electron chi connectivity index (χ2n) is 4.59. The van der Waals surface area contributed by atoms with E-state index >= 15 is 0 Å². The molecule has 2 aromatic carbocycles. The predicted molar refractivity (Wildman–Crippen MR) is 83.4 cm³/mol. The number of carbonyl (C=O) groups is 2. The molecule has 1 heterocycles. The van der Waals surface area contributed by atoms with Crippen LogP contribution in [-0.2, 0) is 11.2 Å². The third kappa shape index (κ3) is 2.42. The lowest BCUT2D eigenvalue weighted by molar-refractivity contribution is -0.117. The van der Waals surface area contributed by atoms with Crippen LogP contribution in [0.25, 0.3) is 0 Å². The van der Waals surface area contributed by atoms with Gasteiger partial charge in [-0.3, -0.25) is 9.59 Å². The Morgan fingerprint density at radius 3 is 2.24 bits per heavy atom. The van der Waals surface area contributed by atoms with Crippen LogP contribution in [0.5, 0.6) is 0 Å². The van der Waals surface area contributed by atoms with Gasteiger partial charge in [0.1, 0.15) is 0 Å². The fraction of sp³-hybridized carbons (Fsp3) is 0.0667. The van der Waals surface area contributed by atoms with Crippen LogP contribution in [0, 0.1) is 0 Å². The van der Waals surface area contributed by atoms with Gasteiger partial charge in [-0.05, 0) is 23.8 Å². The summed E-state index contributed by atoms with van der Waals surface area (Å²) in [6, 6.07) is 9.87. The van der Waals surface area contributed by atoms with Gasteiger partial charge in [-0.1, -0.05) is 53.0 Å². The number of fused-ring (bicyclic) bond motifs is 1. The van der Waals surface area contributed by atoms with Crippen LogP contribution in [0.3, 0.4) is 0 Å². The number of hydrogen-bond donors (Lipinski definition) is 0. The SMILES string of the molecule is O=C1Cc2ccccc2C(=O)N1c1c(Cl)cc(Cl)cc1Cl. The van der Waals surface area contributed by atoms with Gasteiger partial charge in [0.25, 0.3) is 5.91 Å². The van der Waals surface area contributed by atoms with Crippen molar-refractivity contribution in [2.24, 2.45) is 0 Å². The molecule has 1 aliphatic rings. The molecule has 0 saturated heterocycles. The molecule has 21 heavy (non-hydrogen) atoms. The van der Waals surface area contributed by atoms with Crippen molar-refractivity contribution < 1.29 is 9.59 Å². The van der Waals surface area contributed by atoms with E-state index in [0.29, 0.717) is 16.1 Å². The normalized spacial score (nSPS) is 14.3. The summed E-state index contributed by atoms with van der Waals surface area (Å²) in [5.74, 6) is -0.808. The molecule has 2 aromatic rings. The smallest absolute Gasteiger partial charge is 0.265 e. The number of anilines is 1. The van der Waals surface area contributed by atoms with E-state index in [1.54, 1.807) is 24.3 Å². The first-order valence-electron chi connectivity index (χ1n) is 6.09. The molecule has 0 aromatic heterocycles. The number of benzene rings is 2. The molecule has 0 atom stereocenters. The van der Waals surface area contributed by atoms with Crippen LogP contribution in [-0.4, -0.2) is 11.8 Å². The van der Waals surface area contributed by atoms with E-state index in [2.05, 4.69) is 0 Å². The largest absolute Gasteiger partial charge is 0.274 e. The number of amides is 2. The van der Waals surface area contributed by atoms with Gasteiger partial charge in [-0.15, -0.1) is 0 Å². The fourth-order valence-corrected chi connectivity index (χ4v) is 3.32. The fourth-order valence-electron chi connectivity index (χ4n) is 2.33. The third-order valence-electron chi connectivity index (χ3n) is 3.25. The average Bonchev–Trinajstić information content (AvgIpc) is 2.41. The second kappa shape index (κ2) is 5.34. The first-order chi connectivity index (χ1) is 9.99. The van der Waals surface area contributed by atoms with Crippen molar-refractivity contribution in [2.75, 3.05) is 4.90 Å². The Morgan fingerprint density at radius 1 is 0.952 bits per heavy atom. The molecular formula is C15H8Cl3NO2. The summed E-state index contributed by atoms with van der Waals surface area (Å²) < 4.78 is 0. The number of carbonyl (C=O) groups excluding carboxylic acids is 2. The van der Waals surface area contributed by atoms with Crippen molar-refractivity contribution in [3.63, 3.8) is 0 Å². The van der Waals surface area contributed by atoms with Crippen molar-refractivity contribution in [2.45, 2.75) is 6.42 Å². The summed E-state index contributed by atoms with van der Waals surface area (Å²) in [6.07, 6.45) is 0.122. The van der Waals surface area contributed by atoms with Gasteiger partial charge in [0, 0.05) is 10.6 Å². The van der Waals surface area contributed by atoms with Crippen LogP contribution in [0.1, 0.15) is 15.9 Å². The van der Waals surface area contributed by atoms with Gasteiger partial charge in [0.05, 0.1) is 22.2 Å². The highest BCUT2D eigenvalue weighted by molar-refractivity contribution is 6.44. The molecule has 0 spiro atoms. The molecule has 1 aliphatic heterocycles. The highest BCUT2D eigenvalue weighted by atomic mass is 35.5. The van der Waals surface area contributed by atoms with E-state index in [4.69, 9.17) is 34.8 Å². The predicted octanol–water partition coefficient (Wildman–Crippen LogP) is 4.38. The first kappa shape index (κ1) is 14.4. The quantitative estimate of drug-likeness (QED) is 0.723. The standard InChI is InChI=1S/C15H8Cl3NO2/c16-9-6-11(17)14(12(18)7-9)19-13(20)5-8-3-1-2-4-10(8)15(19)21/h1-4,6-7H,5H2. The maximum atomic E-state index is 12.6. The third-order valence-corrected chi connectivity index (χ3v) is 4.04. The number of halogens is 3. The number of hydrogen-bond acceptors (Lipinski definition) is 2. The highest BCUT2D eigenvalue weighted by Crippen LogP contribution is 2.39. The molecule has 2 amide bonds. The van der Waals surface area contributed by atoms with Crippen molar-refractivity contribution >= 4 is 52.3 Å². The van der Waals surface area contributed by atoms with Gasteiger partial charge >= 0.3 is 0 Å². The van der Waals surface area contributed by atoms with Gasteiger partial charge in [0.15, 0.2) is 0 Å². The minimum atomic E-state index is -0.437. The van der Waals surface area contributed by atoms with Gasteiger partial charge in [-0.2, -0.15) is 0 Å². The molecule has 0 bridgehead atoms. The molecule has 6 heteroatoms. The zero-order valence-electron chi connectivity index (χ0n) is 10.6. The maximum absolute atomic E-state index is 12.6. The van der Waals surface area contributed by atoms with E-state index < -0.39 is 5.91 Å². The first-order valence-corrected chi connectivity index (χ1v) is 7.22. The molecule has 0 radical (unpaired) electrons. The molecule has 0 saturated carbocycles. The Bertz CT molecular complexity index is 750. The lowest BCUT2D eigenvalue weighted by atomic mass is 9.98. The molecular weight excluding hydrogens is 333 g/mol. The maximum Gasteiger partial charge on any atom is 0.265 e. The van der Waals surface area contributed by atoms with Crippen molar-refractivity contribution in [3.05, 3.63) is 62.6 Å². The van der Waals surface area contributed by atoms with E-state index in [1.807, 2.05) is 0 Å². The van der Waals surface area contributed by atoms with E-state index in [9.17, 15) is 9.59 Å². The van der Waals surface area contributed by atoms with Gasteiger partial charge < -0.3 is 0 Å². The summed E-state index contributed by atoms with van der Waals surface area (Å²) >= 11 is 18.1. The lowest BCUT2D eigenvalue weighted by Crippen LogP contribution is -2.42. The van der Waals surface area contributed by atoms with Crippen molar-refractivity contribution in [3.8, 4) is 0 Å². The van der Waals surface area contributed by atoms with Crippen molar-refractivity contribution in [1.82, 2.24) is 0 Å². The zero-order chi connectivity index (χ0) is 15.1. The highest BCUT2D eigenvalue weighted by Gasteiger charge is 2.34. The molecule has 0 fully saturated rings. The number of imide groups is 1. The van der Waals surface area contributed by atoms with Gasteiger partial charge in [0.2, 0.25) is 5.91 Å². The van der Waals surface area contributed by atoms with Gasteiger partial charge in [-0.25, -0.2) is 4.90 Å². The Labute approximate surface area is 136 Å². The molecule has 0 unspecified atom stereocenters. The van der Waals surface area contributed by atoms with Crippen LogP contribution in [0.2, 0.25) is 15.1 Å². The molecule has 3 rings (SSSR count). The summed E-state index contributed by atoms with van der Waals surface area (Å²) in [5.41, 5.74) is 1.34. The minimum absolute atomic E-state index is 0.122. The zero-order valence-corrected chi connectivity index (χ0v) is 12.8. The Hall–Kier alpha value is -1.55. The lowest BCUT2D eigenvalue weighted by Gasteiger charge is -2.28. The van der Waals surface area contributed by atoms with E-state index in [-0.39, 0.29) is 28.1 Å². The summed E-state index contributed by atoms with van der Waals surface area (Å²) in [5, 5.41) is 0.660. The summed E-state index contributed by atoms with van der Waals surface area (Å²) in [7, 11) is 0. The van der Waals surface area contributed by atoms with E-state index in [0.717, 1.165) is 4.90 Å². The molecule has 0 aliphatic carbocycles. The molecule has 3 nitrogen and oxygen atoms in total. The molecule has 106 valence electrons. The van der Waals surface area contributed by atoms with E-state index in [1.165, 1.54) is 12.1 Å². The Kier molecular flexibility index (Phi) is 3.66. The van der Waals surface area contributed by atoms with Crippen LogP contribution in [0.15, 0.2) is 36.4 Å². The minimum Gasteiger partial charge on any atom is -0.274 e. The second-order valence-corrected chi connectivity index (χ2v) is 5.84. The van der Waals surface area contributed by atoms with Crippen LogP contribution < -0.4 is 4.90 Å². The number of rotatable bonds is 1. The summed E-state index contributed by atoms with van der Waals surface area (Å²) in [6.45, 7) is 0. The number of nitrogens with zero attached hydrogens (tertiary/aromatic N) is 1. The molecule has 0 N–H and O–H groups in total.